The molecule has 10 heteroatoms. The number of amides is 1. The van der Waals surface area contributed by atoms with Crippen LogP contribution in [0.4, 0.5) is 19.0 Å². The Balaban J connectivity index is 1.50. The van der Waals surface area contributed by atoms with E-state index in [0.29, 0.717) is 36.1 Å². The van der Waals surface area contributed by atoms with Crippen LogP contribution in [0.2, 0.25) is 0 Å². The molecule has 0 fully saturated rings. The molecule has 1 aromatic carbocycles. The second-order valence-corrected chi connectivity index (χ2v) is 7.15. The first-order valence-electron chi connectivity index (χ1n) is 9.68. The van der Waals surface area contributed by atoms with Crippen LogP contribution in [0, 0.1) is 20.8 Å². The third kappa shape index (κ3) is 6.03. The fraction of sp³-hybridized carbons (Fsp3) is 0.333. The number of aromatic nitrogens is 4. The maximum atomic E-state index is 12.6. The van der Waals surface area contributed by atoms with E-state index < -0.39 is 11.7 Å². The fourth-order valence-corrected chi connectivity index (χ4v) is 3.06. The van der Waals surface area contributed by atoms with Gasteiger partial charge < -0.3 is 10.6 Å². The molecule has 2 N–H and O–H groups in total. The van der Waals surface area contributed by atoms with Crippen LogP contribution in [0.3, 0.4) is 0 Å². The van der Waals surface area contributed by atoms with E-state index in [9.17, 15) is 18.0 Å². The van der Waals surface area contributed by atoms with Crippen molar-refractivity contribution in [1.82, 2.24) is 25.1 Å². The molecule has 2 aromatic heterocycles. The Morgan fingerprint density at radius 3 is 2.35 bits per heavy atom. The molecule has 2 heterocycles. The van der Waals surface area contributed by atoms with Crippen LogP contribution in [-0.4, -0.2) is 38.7 Å². The van der Waals surface area contributed by atoms with Crippen molar-refractivity contribution in [3.63, 3.8) is 0 Å². The van der Waals surface area contributed by atoms with Crippen molar-refractivity contribution in [2.45, 2.75) is 33.4 Å². The minimum atomic E-state index is -4.39. The molecule has 1 amide bonds. The van der Waals surface area contributed by atoms with Gasteiger partial charge in [-0.2, -0.15) is 18.3 Å². The van der Waals surface area contributed by atoms with E-state index in [1.54, 1.807) is 17.7 Å². The van der Waals surface area contributed by atoms with Crippen molar-refractivity contribution in [3.05, 3.63) is 64.7 Å². The van der Waals surface area contributed by atoms with Gasteiger partial charge in [-0.3, -0.25) is 4.79 Å². The molecule has 0 aliphatic heterocycles. The van der Waals surface area contributed by atoms with Crippen LogP contribution in [0.1, 0.15) is 28.3 Å². The third-order valence-corrected chi connectivity index (χ3v) is 4.45. The summed E-state index contributed by atoms with van der Waals surface area (Å²) in [6, 6.07) is 8.30. The molecule has 0 saturated heterocycles. The Hall–Kier alpha value is -3.43. The number of carbonyl (C=O) groups excluding carboxylic acids is 1. The topological polar surface area (TPSA) is 84.7 Å². The summed E-state index contributed by atoms with van der Waals surface area (Å²) >= 11 is 0. The van der Waals surface area contributed by atoms with E-state index >= 15 is 0 Å². The van der Waals surface area contributed by atoms with E-state index in [0.717, 1.165) is 23.5 Å². The molecule has 0 spiro atoms. The maximum absolute atomic E-state index is 12.6. The van der Waals surface area contributed by atoms with Gasteiger partial charge in [0.15, 0.2) is 5.82 Å². The molecule has 0 aliphatic rings. The van der Waals surface area contributed by atoms with Gasteiger partial charge >= 0.3 is 6.18 Å². The minimum Gasteiger partial charge on any atom is -0.368 e. The molecule has 7 nitrogen and oxygen atoms in total. The number of nitrogens with one attached hydrogen (secondary N) is 2. The zero-order chi connectivity index (χ0) is 22.6. The largest absolute Gasteiger partial charge is 0.416 e. The highest BCUT2D eigenvalue weighted by Gasteiger charge is 2.29. The number of nitrogens with zero attached hydrogens (tertiary/aromatic N) is 4. The molecular formula is C21H23F3N6O. The van der Waals surface area contributed by atoms with Crippen LogP contribution >= 0.6 is 0 Å². The van der Waals surface area contributed by atoms with Crippen molar-refractivity contribution in [2.75, 3.05) is 18.4 Å². The van der Waals surface area contributed by atoms with Gasteiger partial charge in [-0.25, -0.2) is 14.6 Å². The summed E-state index contributed by atoms with van der Waals surface area (Å²) < 4.78 is 39.5. The van der Waals surface area contributed by atoms with E-state index in [1.807, 2.05) is 19.9 Å². The van der Waals surface area contributed by atoms with Crippen molar-refractivity contribution in [1.29, 1.82) is 0 Å². The Bertz CT molecular complexity index is 1060. The van der Waals surface area contributed by atoms with Crippen LogP contribution in [0.15, 0.2) is 36.4 Å². The first kappa shape index (κ1) is 22.3. The lowest BCUT2D eigenvalue weighted by molar-refractivity contribution is -0.137. The molecule has 3 rings (SSSR count). The molecule has 0 radical (unpaired) electrons. The van der Waals surface area contributed by atoms with Gasteiger partial charge in [0, 0.05) is 24.8 Å². The third-order valence-electron chi connectivity index (χ3n) is 4.45. The Labute approximate surface area is 177 Å². The summed E-state index contributed by atoms with van der Waals surface area (Å²) in [7, 11) is 0. The number of alkyl halides is 3. The van der Waals surface area contributed by atoms with E-state index in [-0.39, 0.29) is 12.3 Å². The molecule has 0 atom stereocenters. The number of hydrogen-bond acceptors (Lipinski definition) is 5. The SMILES string of the molecule is Cc1cc(C)n(-c2cc(NCCNC(=O)Cc3ccc(C(F)(F)F)cc3)nc(C)n2)n1. The zero-order valence-corrected chi connectivity index (χ0v) is 17.4. The average molecular weight is 432 g/mol. The number of rotatable bonds is 7. The number of hydrogen-bond donors (Lipinski definition) is 2. The molecule has 164 valence electrons. The van der Waals surface area contributed by atoms with E-state index in [4.69, 9.17) is 0 Å². The Morgan fingerprint density at radius 2 is 1.74 bits per heavy atom. The van der Waals surface area contributed by atoms with Crippen LogP contribution in [0.5, 0.6) is 0 Å². The second-order valence-electron chi connectivity index (χ2n) is 7.15. The van der Waals surface area contributed by atoms with E-state index in [1.165, 1.54) is 12.1 Å². The highest BCUT2D eigenvalue weighted by Crippen LogP contribution is 2.29. The fourth-order valence-electron chi connectivity index (χ4n) is 3.06. The molecule has 0 unspecified atom stereocenters. The molecule has 31 heavy (non-hydrogen) atoms. The number of aryl methyl sites for hydroxylation is 3. The van der Waals surface area contributed by atoms with Gasteiger partial charge in [-0.1, -0.05) is 12.1 Å². The smallest absolute Gasteiger partial charge is 0.368 e. The quantitative estimate of drug-likeness (QED) is 0.559. The van der Waals surface area contributed by atoms with Crippen molar-refractivity contribution >= 4 is 11.7 Å². The number of benzene rings is 1. The van der Waals surface area contributed by atoms with Crippen molar-refractivity contribution < 1.29 is 18.0 Å². The molecule has 0 saturated carbocycles. The van der Waals surface area contributed by atoms with Gasteiger partial charge in [-0.15, -0.1) is 0 Å². The first-order valence-corrected chi connectivity index (χ1v) is 9.68. The van der Waals surface area contributed by atoms with Gasteiger partial charge in [0.25, 0.3) is 0 Å². The lowest BCUT2D eigenvalue weighted by Crippen LogP contribution is -2.30. The van der Waals surface area contributed by atoms with Crippen LogP contribution in [-0.2, 0) is 17.4 Å². The minimum absolute atomic E-state index is 0.00677. The second kappa shape index (κ2) is 9.15. The summed E-state index contributed by atoms with van der Waals surface area (Å²) in [6.07, 6.45) is -4.38. The summed E-state index contributed by atoms with van der Waals surface area (Å²) in [5.74, 6) is 1.56. The predicted molar refractivity (Wildman–Crippen MR) is 110 cm³/mol. The van der Waals surface area contributed by atoms with Gasteiger partial charge in [0.05, 0.1) is 17.7 Å². The summed E-state index contributed by atoms with van der Waals surface area (Å²) in [6.45, 7) is 6.39. The van der Waals surface area contributed by atoms with Gasteiger partial charge in [0.1, 0.15) is 11.6 Å². The van der Waals surface area contributed by atoms with Crippen molar-refractivity contribution in [3.8, 4) is 5.82 Å². The van der Waals surface area contributed by atoms with Crippen molar-refractivity contribution in [2.24, 2.45) is 0 Å². The molecule has 0 bridgehead atoms. The maximum Gasteiger partial charge on any atom is 0.416 e. The normalized spacial score (nSPS) is 11.4. The lowest BCUT2D eigenvalue weighted by atomic mass is 10.1. The van der Waals surface area contributed by atoms with Gasteiger partial charge in [0.2, 0.25) is 5.91 Å². The average Bonchev–Trinajstić information content (AvgIpc) is 3.03. The van der Waals surface area contributed by atoms with Gasteiger partial charge in [-0.05, 0) is 44.5 Å². The van der Waals surface area contributed by atoms with Crippen LogP contribution in [0.25, 0.3) is 5.82 Å². The molecular weight excluding hydrogens is 409 g/mol. The number of carbonyl (C=O) groups is 1. The predicted octanol–water partition coefficient (Wildman–Crippen LogP) is 3.38. The lowest BCUT2D eigenvalue weighted by Gasteiger charge is -2.11. The molecule has 0 aliphatic carbocycles. The zero-order valence-electron chi connectivity index (χ0n) is 17.4. The summed E-state index contributed by atoms with van der Waals surface area (Å²) in [5.41, 5.74) is 1.62. The Morgan fingerprint density at radius 1 is 1.03 bits per heavy atom. The van der Waals surface area contributed by atoms with E-state index in [2.05, 4.69) is 25.7 Å². The van der Waals surface area contributed by atoms with Crippen LogP contribution < -0.4 is 10.6 Å². The Kier molecular flexibility index (Phi) is 6.57. The standard InChI is InChI=1S/C21H23F3N6O/c1-13-10-14(2)30(29-13)19-12-18(27-15(3)28-19)25-8-9-26-20(31)11-16-4-6-17(7-5-16)21(22,23)24/h4-7,10,12H,8-9,11H2,1-3H3,(H,26,31)(H,25,27,28). The summed E-state index contributed by atoms with van der Waals surface area (Å²) in [4.78, 5) is 20.8. The highest BCUT2D eigenvalue weighted by molar-refractivity contribution is 5.78. The number of anilines is 1. The summed E-state index contributed by atoms with van der Waals surface area (Å²) in [5, 5.41) is 10.3. The highest BCUT2D eigenvalue weighted by atomic mass is 19.4. The monoisotopic (exact) mass is 432 g/mol. The number of halogens is 3. The first-order chi connectivity index (χ1) is 14.6. The molecule has 3 aromatic rings.